The van der Waals surface area contributed by atoms with Gasteiger partial charge in [0, 0.05) is 18.5 Å². The quantitative estimate of drug-likeness (QED) is 0.243. The first-order valence-electron chi connectivity index (χ1n) is 8.92. The van der Waals surface area contributed by atoms with Crippen molar-refractivity contribution in [1.82, 2.24) is 10.6 Å². The highest BCUT2D eigenvalue weighted by molar-refractivity contribution is 6.03. The number of nitrogens with one attached hydrogen (secondary N) is 2. The summed E-state index contributed by atoms with van der Waals surface area (Å²) in [5, 5.41) is 33.4. The average molecular weight is 394 g/mol. The molecule has 5 N–H and O–H groups in total. The second kappa shape index (κ2) is 10.4. The molecular formula is C19H26N2O7. The normalized spacial score (nSPS) is 18.6. The zero-order chi connectivity index (χ0) is 21.3. The van der Waals surface area contributed by atoms with Crippen LogP contribution in [-0.2, 0) is 19.2 Å². The molecule has 0 aliphatic heterocycles. The van der Waals surface area contributed by atoms with Crippen molar-refractivity contribution >= 4 is 23.8 Å². The number of unbranched alkanes of at least 4 members (excludes halogenated alkanes) is 3. The van der Waals surface area contributed by atoms with Crippen molar-refractivity contribution in [1.29, 1.82) is 0 Å². The maximum atomic E-state index is 11.7. The van der Waals surface area contributed by atoms with Gasteiger partial charge < -0.3 is 20.6 Å². The number of rotatable bonds is 12. The second-order valence-electron chi connectivity index (χ2n) is 6.67. The van der Waals surface area contributed by atoms with Gasteiger partial charge in [-0.05, 0) is 32.4 Å². The van der Waals surface area contributed by atoms with Crippen LogP contribution in [-0.4, -0.2) is 57.8 Å². The third kappa shape index (κ3) is 6.34. The first-order chi connectivity index (χ1) is 13.1. The second-order valence-corrected chi connectivity index (χ2v) is 6.67. The Bertz CT molecular complexity index is 724. The third-order valence-electron chi connectivity index (χ3n) is 4.40. The van der Waals surface area contributed by atoms with Gasteiger partial charge in [0.1, 0.15) is 5.54 Å². The Balaban J connectivity index is 2.51. The molecule has 0 spiro atoms. The lowest BCUT2D eigenvalue weighted by Crippen LogP contribution is -2.52. The molecule has 1 atom stereocenters. The number of aliphatic carboxylic acids is 3. The molecule has 1 unspecified atom stereocenters. The molecule has 9 heteroatoms. The Kier molecular flexibility index (Phi) is 8.59. The van der Waals surface area contributed by atoms with Crippen molar-refractivity contribution in [2.24, 2.45) is 0 Å². The van der Waals surface area contributed by atoms with E-state index in [0.29, 0.717) is 25.1 Å². The predicted octanol–water partition coefficient (Wildman–Crippen LogP) is 1.08. The summed E-state index contributed by atoms with van der Waals surface area (Å²) in [7, 11) is 0. The van der Waals surface area contributed by atoms with E-state index in [-0.39, 0.29) is 5.91 Å². The van der Waals surface area contributed by atoms with Gasteiger partial charge in [0.2, 0.25) is 5.91 Å². The van der Waals surface area contributed by atoms with Gasteiger partial charge >= 0.3 is 17.9 Å². The van der Waals surface area contributed by atoms with Crippen LogP contribution in [0.5, 0.6) is 0 Å². The number of carboxylic acids is 3. The van der Waals surface area contributed by atoms with Gasteiger partial charge in [0.15, 0.2) is 0 Å². The van der Waals surface area contributed by atoms with Crippen LogP contribution in [0.1, 0.15) is 39.0 Å². The van der Waals surface area contributed by atoms with Gasteiger partial charge in [-0.1, -0.05) is 25.5 Å². The van der Waals surface area contributed by atoms with Crippen LogP contribution in [0.25, 0.3) is 0 Å². The van der Waals surface area contributed by atoms with Crippen LogP contribution >= 0.6 is 0 Å². The van der Waals surface area contributed by atoms with Gasteiger partial charge in [-0.25, -0.2) is 14.4 Å². The largest absolute Gasteiger partial charge is 0.480 e. The number of carbonyl (C=O) groups excluding carboxylic acids is 1. The molecule has 0 aromatic rings. The van der Waals surface area contributed by atoms with Crippen LogP contribution in [0.3, 0.4) is 0 Å². The number of hydrogen-bond donors (Lipinski definition) is 5. The predicted molar refractivity (Wildman–Crippen MR) is 101 cm³/mol. The maximum Gasteiger partial charge on any atom is 0.336 e. The first kappa shape index (κ1) is 23.1. The molecule has 1 amide bonds. The summed E-state index contributed by atoms with van der Waals surface area (Å²) in [5.41, 5.74) is -2.06. The Labute approximate surface area is 162 Å². The van der Waals surface area contributed by atoms with E-state index in [1.54, 1.807) is 6.92 Å². The lowest BCUT2D eigenvalue weighted by molar-refractivity contribution is -0.143. The van der Waals surface area contributed by atoms with Crippen molar-refractivity contribution in [3.63, 3.8) is 0 Å². The number of amides is 1. The molecule has 0 heterocycles. The number of carbonyl (C=O) groups is 4. The molecule has 28 heavy (non-hydrogen) atoms. The highest BCUT2D eigenvalue weighted by Crippen LogP contribution is 2.28. The van der Waals surface area contributed by atoms with Crippen molar-refractivity contribution in [3.05, 3.63) is 35.5 Å². The summed E-state index contributed by atoms with van der Waals surface area (Å²) < 4.78 is 0. The lowest BCUT2D eigenvalue weighted by Gasteiger charge is -2.30. The van der Waals surface area contributed by atoms with Crippen LogP contribution < -0.4 is 10.6 Å². The van der Waals surface area contributed by atoms with Crippen molar-refractivity contribution in [2.75, 3.05) is 13.1 Å². The van der Waals surface area contributed by atoms with E-state index >= 15 is 0 Å². The minimum absolute atomic E-state index is 0.183. The molecule has 154 valence electrons. The Hall–Kier alpha value is -2.94. The van der Waals surface area contributed by atoms with Crippen LogP contribution in [0.4, 0.5) is 0 Å². The van der Waals surface area contributed by atoms with Crippen LogP contribution in [0.15, 0.2) is 35.5 Å². The number of carboxylic acid groups (broad SMARTS) is 3. The minimum Gasteiger partial charge on any atom is -0.480 e. The smallest absolute Gasteiger partial charge is 0.336 e. The Morgan fingerprint density at radius 2 is 1.64 bits per heavy atom. The molecule has 1 rings (SSSR count). The molecule has 0 aromatic heterocycles. The van der Waals surface area contributed by atoms with E-state index in [0.717, 1.165) is 25.3 Å². The zero-order valence-electron chi connectivity index (χ0n) is 15.8. The van der Waals surface area contributed by atoms with Crippen LogP contribution in [0, 0.1) is 0 Å². The summed E-state index contributed by atoms with van der Waals surface area (Å²) in [6, 6.07) is 0. The van der Waals surface area contributed by atoms with E-state index in [1.807, 2.05) is 0 Å². The summed E-state index contributed by atoms with van der Waals surface area (Å²) >= 11 is 0. The van der Waals surface area contributed by atoms with Crippen molar-refractivity contribution < 1.29 is 34.5 Å². The molecule has 0 aromatic carbocycles. The fourth-order valence-corrected chi connectivity index (χ4v) is 2.76. The van der Waals surface area contributed by atoms with Crippen molar-refractivity contribution in [3.8, 4) is 0 Å². The van der Waals surface area contributed by atoms with E-state index in [4.69, 9.17) is 5.11 Å². The monoisotopic (exact) mass is 394 g/mol. The molecule has 0 fully saturated rings. The molecule has 1 aliphatic carbocycles. The Morgan fingerprint density at radius 3 is 2.14 bits per heavy atom. The van der Waals surface area contributed by atoms with E-state index in [2.05, 4.69) is 17.2 Å². The molecule has 0 saturated heterocycles. The van der Waals surface area contributed by atoms with Crippen molar-refractivity contribution in [2.45, 2.75) is 44.6 Å². The van der Waals surface area contributed by atoms with Gasteiger partial charge in [-0.2, -0.15) is 0 Å². The van der Waals surface area contributed by atoms with Gasteiger partial charge in [0.25, 0.3) is 0 Å². The van der Waals surface area contributed by atoms with E-state index in [9.17, 15) is 29.4 Å². The van der Waals surface area contributed by atoms with Crippen LogP contribution in [0.2, 0.25) is 0 Å². The highest BCUT2D eigenvalue weighted by Gasteiger charge is 2.41. The summed E-state index contributed by atoms with van der Waals surface area (Å²) in [6.45, 7) is 6.03. The lowest BCUT2D eigenvalue weighted by atomic mass is 9.83. The summed E-state index contributed by atoms with van der Waals surface area (Å²) in [5.74, 6) is -4.32. The number of hydrogen-bond acceptors (Lipinski definition) is 5. The molecule has 1 aliphatic rings. The topological polar surface area (TPSA) is 153 Å². The molecule has 0 radical (unpaired) electrons. The van der Waals surface area contributed by atoms with E-state index < -0.39 is 41.0 Å². The van der Waals surface area contributed by atoms with Gasteiger partial charge in [-0.15, -0.1) is 0 Å². The maximum absolute atomic E-state index is 11.7. The molecule has 0 saturated carbocycles. The highest BCUT2D eigenvalue weighted by atomic mass is 16.4. The van der Waals surface area contributed by atoms with E-state index in [1.165, 1.54) is 6.08 Å². The zero-order valence-corrected chi connectivity index (χ0v) is 15.8. The SMILES string of the molecule is C=C(C)C(=O)NCCCCCCNC1(C(=O)O)C=CC(C(=O)O)=C(C(=O)O)C1. The first-order valence-corrected chi connectivity index (χ1v) is 8.92. The fraction of sp³-hybridized carbons (Fsp3) is 0.474. The summed E-state index contributed by atoms with van der Waals surface area (Å²) in [4.78, 5) is 45.5. The molecule has 0 bridgehead atoms. The van der Waals surface area contributed by atoms with Gasteiger partial charge in [0.05, 0.1) is 11.1 Å². The Morgan fingerprint density at radius 1 is 1.04 bits per heavy atom. The fourth-order valence-electron chi connectivity index (χ4n) is 2.76. The molecular weight excluding hydrogens is 368 g/mol. The average Bonchev–Trinajstić information content (AvgIpc) is 2.62. The summed E-state index contributed by atoms with van der Waals surface area (Å²) in [6.07, 6.45) is 4.81. The molecule has 9 nitrogen and oxygen atoms in total. The third-order valence-corrected chi connectivity index (χ3v) is 4.40. The standard InChI is InChI=1S/C19H26N2O7/c1-12(2)15(22)20-9-5-3-4-6-10-21-19(18(27)28)8-7-13(16(23)24)14(11-19)17(25)26/h7-8,21H,1,3-6,9-11H2,2H3,(H,20,22)(H,23,24)(H,25,26)(H,27,28). The van der Waals surface area contributed by atoms with Gasteiger partial charge in [-0.3, -0.25) is 10.1 Å². The minimum atomic E-state index is -1.65.